The van der Waals surface area contributed by atoms with Crippen LogP contribution in [-0.2, 0) is 22.6 Å². The summed E-state index contributed by atoms with van der Waals surface area (Å²) in [6, 6.07) is 15.1. The quantitative estimate of drug-likeness (QED) is 0.338. The van der Waals surface area contributed by atoms with Crippen molar-refractivity contribution in [1.29, 1.82) is 0 Å². The summed E-state index contributed by atoms with van der Waals surface area (Å²) in [6.45, 7) is 4.86. The average Bonchev–Trinajstić information content (AvgIpc) is 3.25. The zero-order chi connectivity index (χ0) is 30.8. The molecule has 0 spiro atoms. The zero-order valence-corrected chi connectivity index (χ0v) is 27.1. The summed E-state index contributed by atoms with van der Waals surface area (Å²) in [6.07, 6.45) is 8.45. The van der Waals surface area contributed by atoms with Crippen molar-refractivity contribution < 1.29 is 14.4 Å². The lowest BCUT2D eigenvalue weighted by atomic mass is 9.81. The molecule has 0 radical (unpaired) electrons. The van der Waals surface area contributed by atoms with Crippen LogP contribution in [0.25, 0.3) is 22.2 Å². The Balaban J connectivity index is 1.34. The Hall–Kier alpha value is -3.30. The van der Waals surface area contributed by atoms with Gasteiger partial charge in [0.05, 0.1) is 5.69 Å². The SMILES string of the molecule is CC(=O)N1CCN(C(=O)CCC2Cc3ccccc3-c3c(C4CCCCC4)c4ccc(C(=O)NSN(C)C)cc4n3C2)CC1. The van der Waals surface area contributed by atoms with Crippen LogP contribution in [0.15, 0.2) is 42.5 Å². The lowest BCUT2D eigenvalue weighted by Crippen LogP contribution is -2.50. The van der Waals surface area contributed by atoms with Crippen molar-refractivity contribution in [2.75, 3.05) is 40.3 Å². The third-order valence-corrected chi connectivity index (χ3v) is 10.4. The van der Waals surface area contributed by atoms with Gasteiger partial charge in [-0.1, -0.05) is 49.6 Å². The molecule has 1 N–H and O–H groups in total. The molecule has 6 rings (SSSR count). The van der Waals surface area contributed by atoms with E-state index in [2.05, 4.69) is 45.7 Å². The van der Waals surface area contributed by atoms with E-state index in [-0.39, 0.29) is 23.6 Å². The second-order valence-corrected chi connectivity index (χ2v) is 14.0. The van der Waals surface area contributed by atoms with E-state index >= 15 is 0 Å². The third kappa shape index (κ3) is 6.40. The first-order valence-corrected chi connectivity index (χ1v) is 17.0. The van der Waals surface area contributed by atoms with E-state index in [1.165, 1.54) is 72.0 Å². The van der Waals surface area contributed by atoms with Gasteiger partial charge in [-0.25, -0.2) is 4.31 Å². The zero-order valence-electron chi connectivity index (χ0n) is 26.3. The van der Waals surface area contributed by atoms with Crippen molar-refractivity contribution in [2.45, 2.75) is 70.8 Å². The molecule has 1 aromatic heterocycles. The lowest BCUT2D eigenvalue weighted by molar-refractivity contribution is -0.138. The van der Waals surface area contributed by atoms with Gasteiger partial charge in [-0.15, -0.1) is 0 Å². The third-order valence-electron chi connectivity index (χ3n) is 9.77. The number of hydrogen-bond donors (Lipinski definition) is 1. The fraction of sp³-hybridized carbons (Fsp3) is 0.514. The van der Waals surface area contributed by atoms with Crippen LogP contribution in [0.5, 0.6) is 0 Å². The number of nitrogens with zero attached hydrogens (tertiary/aromatic N) is 4. The maximum atomic E-state index is 13.3. The number of carbonyl (C=O) groups excluding carboxylic acids is 3. The first-order chi connectivity index (χ1) is 21.3. The Morgan fingerprint density at radius 3 is 2.41 bits per heavy atom. The summed E-state index contributed by atoms with van der Waals surface area (Å²) >= 11 is 1.28. The maximum absolute atomic E-state index is 13.3. The summed E-state index contributed by atoms with van der Waals surface area (Å²) < 4.78 is 7.31. The Morgan fingerprint density at radius 2 is 1.68 bits per heavy atom. The molecule has 1 unspecified atom stereocenters. The van der Waals surface area contributed by atoms with Crippen LogP contribution in [-0.4, -0.2) is 76.7 Å². The normalized spacial score (nSPS) is 19.0. The molecule has 2 aliphatic heterocycles. The summed E-state index contributed by atoms with van der Waals surface area (Å²) in [5.74, 6) is 0.960. The molecule has 234 valence electrons. The first-order valence-electron chi connectivity index (χ1n) is 16.2. The number of amides is 3. The highest BCUT2D eigenvalue weighted by atomic mass is 32.2. The van der Waals surface area contributed by atoms with Gasteiger partial charge >= 0.3 is 0 Å². The van der Waals surface area contributed by atoms with Crippen LogP contribution in [0, 0.1) is 5.92 Å². The lowest BCUT2D eigenvalue weighted by Gasteiger charge is -2.34. The molecule has 44 heavy (non-hydrogen) atoms. The van der Waals surface area contributed by atoms with Gasteiger partial charge in [-0.3, -0.25) is 19.1 Å². The molecule has 1 saturated heterocycles. The fourth-order valence-corrected chi connectivity index (χ4v) is 7.89. The number of benzene rings is 2. The van der Waals surface area contributed by atoms with Gasteiger partial charge in [-0.2, -0.15) is 0 Å². The molecule has 3 heterocycles. The molecule has 1 aliphatic carbocycles. The number of nitrogens with one attached hydrogen (secondary N) is 1. The van der Waals surface area contributed by atoms with Gasteiger partial charge < -0.3 is 14.4 Å². The van der Waals surface area contributed by atoms with E-state index in [0.717, 1.165) is 24.9 Å². The van der Waals surface area contributed by atoms with E-state index in [1.54, 1.807) is 6.92 Å². The summed E-state index contributed by atoms with van der Waals surface area (Å²) in [5, 5.41) is 1.26. The summed E-state index contributed by atoms with van der Waals surface area (Å²) in [5.41, 5.74) is 7.19. The Kier molecular flexibility index (Phi) is 9.33. The highest BCUT2D eigenvalue weighted by molar-refractivity contribution is 7.95. The highest BCUT2D eigenvalue weighted by Crippen LogP contribution is 2.47. The number of fused-ring (bicyclic) bond motifs is 5. The molecule has 3 aromatic rings. The second kappa shape index (κ2) is 13.4. The largest absolute Gasteiger partial charge is 0.340 e. The molecule has 3 aliphatic rings. The summed E-state index contributed by atoms with van der Waals surface area (Å²) in [7, 11) is 3.82. The van der Waals surface area contributed by atoms with Crippen molar-refractivity contribution in [3.05, 3.63) is 59.2 Å². The first kappa shape index (κ1) is 30.7. The molecular formula is C35H45N5O3S. The Labute approximate surface area is 265 Å². The average molecular weight is 616 g/mol. The monoisotopic (exact) mass is 615 g/mol. The molecule has 1 saturated carbocycles. The predicted octanol–water partition coefficient (Wildman–Crippen LogP) is 5.85. The standard InChI is InChI=1S/C35H45N5O3S/c1-24(41)38-17-19-39(20-18-38)32(42)16-13-25-21-27-11-7-8-12-29(27)34-33(26-9-5-4-6-10-26)30-15-14-28(22-31(30)40(34)23-25)35(43)36-44-37(2)3/h7-8,11-12,14-15,22,25-26H,4-6,9-10,13,16-21,23H2,1-3H3,(H,36,43). The predicted molar refractivity (Wildman–Crippen MR) is 177 cm³/mol. The van der Waals surface area contributed by atoms with Crippen LogP contribution in [0.2, 0.25) is 0 Å². The van der Waals surface area contributed by atoms with Crippen molar-refractivity contribution in [3.8, 4) is 11.3 Å². The maximum Gasteiger partial charge on any atom is 0.262 e. The van der Waals surface area contributed by atoms with Crippen molar-refractivity contribution in [3.63, 3.8) is 0 Å². The molecule has 9 heteroatoms. The van der Waals surface area contributed by atoms with Gasteiger partial charge in [0, 0.05) is 80.2 Å². The molecule has 2 aromatic carbocycles. The van der Waals surface area contributed by atoms with Crippen molar-refractivity contribution in [1.82, 2.24) is 23.4 Å². The minimum atomic E-state index is -0.0959. The van der Waals surface area contributed by atoms with Gasteiger partial charge in [0.25, 0.3) is 5.91 Å². The Bertz CT molecular complexity index is 1530. The van der Waals surface area contributed by atoms with E-state index in [0.29, 0.717) is 44.1 Å². The number of carbonyl (C=O) groups is 3. The smallest absolute Gasteiger partial charge is 0.262 e. The van der Waals surface area contributed by atoms with Gasteiger partial charge in [0.1, 0.15) is 0 Å². The number of hydrogen-bond acceptors (Lipinski definition) is 5. The van der Waals surface area contributed by atoms with E-state index in [4.69, 9.17) is 0 Å². The van der Waals surface area contributed by atoms with Crippen molar-refractivity contribution in [2.24, 2.45) is 5.92 Å². The minimum absolute atomic E-state index is 0.0775. The van der Waals surface area contributed by atoms with Crippen LogP contribution in [0.4, 0.5) is 0 Å². The van der Waals surface area contributed by atoms with Gasteiger partial charge in [-0.05, 0) is 74.9 Å². The number of rotatable bonds is 7. The summed E-state index contributed by atoms with van der Waals surface area (Å²) in [4.78, 5) is 42.0. The molecule has 1 atom stereocenters. The highest BCUT2D eigenvalue weighted by Gasteiger charge is 2.32. The molecule has 2 fully saturated rings. The molecule has 8 nitrogen and oxygen atoms in total. The Morgan fingerprint density at radius 1 is 0.955 bits per heavy atom. The van der Waals surface area contributed by atoms with Crippen LogP contribution in [0.1, 0.15) is 79.3 Å². The minimum Gasteiger partial charge on any atom is -0.340 e. The molecular weight excluding hydrogens is 570 g/mol. The number of piperazine rings is 1. The van der Waals surface area contributed by atoms with E-state index in [9.17, 15) is 14.4 Å². The van der Waals surface area contributed by atoms with Gasteiger partial charge in [0.15, 0.2) is 0 Å². The number of aromatic nitrogens is 1. The van der Waals surface area contributed by atoms with Crippen molar-refractivity contribution >= 4 is 40.8 Å². The van der Waals surface area contributed by atoms with Crippen LogP contribution in [0.3, 0.4) is 0 Å². The molecule has 0 bridgehead atoms. The van der Waals surface area contributed by atoms with E-state index < -0.39 is 0 Å². The van der Waals surface area contributed by atoms with Gasteiger partial charge in [0.2, 0.25) is 11.8 Å². The van der Waals surface area contributed by atoms with E-state index in [1.807, 2.05) is 34.3 Å². The fourth-order valence-electron chi connectivity index (χ4n) is 7.51. The molecule has 3 amide bonds. The topological polar surface area (TPSA) is 77.9 Å². The second-order valence-electron chi connectivity index (χ2n) is 12.9. The van der Waals surface area contributed by atoms with Crippen LogP contribution < -0.4 is 4.72 Å². The van der Waals surface area contributed by atoms with Crippen LogP contribution >= 0.6 is 12.1 Å².